The van der Waals surface area contributed by atoms with Gasteiger partial charge in [-0.15, -0.1) is 0 Å². The predicted molar refractivity (Wildman–Crippen MR) is 56.5 cm³/mol. The van der Waals surface area contributed by atoms with Gasteiger partial charge in [0.1, 0.15) is 9.79 Å². The van der Waals surface area contributed by atoms with Crippen molar-refractivity contribution in [2.24, 2.45) is 0 Å². The molecule has 0 atom stereocenters. The predicted octanol–water partition coefficient (Wildman–Crippen LogP) is -1.06. The molecule has 4 N–H and O–H groups in total. The van der Waals surface area contributed by atoms with Crippen molar-refractivity contribution in [3.8, 4) is 11.5 Å². The molecule has 11 heteroatoms. The van der Waals surface area contributed by atoms with Gasteiger partial charge in [0.2, 0.25) is 0 Å². The normalized spacial score (nSPS) is 11.9. The van der Waals surface area contributed by atoms with E-state index in [2.05, 4.69) is 0 Å². The first-order valence-electron chi connectivity index (χ1n) is 3.54. The summed E-state index contributed by atoms with van der Waals surface area (Å²) < 4.78 is 60.3. The van der Waals surface area contributed by atoms with E-state index in [1.807, 2.05) is 0 Å². The standard InChI is InChI=1S/C6H6O8S2.Na.H/c7-3-1-5(15(9,10)11)6(2-4(3)8)16(12,13)14;;/h1-2,7-8H,(H,9,10,11)(H,12,13,14);;. The van der Waals surface area contributed by atoms with Crippen LogP contribution < -0.4 is 0 Å². The third-order valence-corrected chi connectivity index (χ3v) is 3.51. The Bertz CT molecular complexity index is 575. The minimum atomic E-state index is -4.97. The first-order valence-corrected chi connectivity index (χ1v) is 6.42. The minimum absolute atomic E-state index is 0. The molecule has 0 fully saturated rings. The second-order valence-electron chi connectivity index (χ2n) is 2.74. The fourth-order valence-corrected chi connectivity index (χ4v) is 2.72. The van der Waals surface area contributed by atoms with Gasteiger partial charge in [0.15, 0.2) is 11.5 Å². The van der Waals surface area contributed by atoms with Crippen LogP contribution in [-0.4, -0.2) is 65.7 Å². The Morgan fingerprint density at radius 3 is 1.18 bits per heavy atom. The summed E-state index contributed by atoms with van der Waals surface area (Å²) in [5.41, 5.74) is 0. The van der Waals surface area contributed by atoms with Crippen LogP contribution in [0.4, 0.5) is 0 Å². The number of benzene rings is 1. The molecule has 92 valence electrons. The summed E-state index contributed by atoms with van der Waals surface area (Å²) >= 11 is 0. The number of rotatable bonds is 2. The van der Waals surface area contributed by atoms with Gasteiger partial charge in [-0.3, -0.25) is 9.11 Å². The monoisotopic (exact) mass is 294 g/mol. The van der Waals surface area contributed by atoms with E-state index < -0.39 is 41.5 Å². The number of hydrogen-bond donors (Lipinski definition) is 4. The molecule has 0 aliphatic heterocycles. The van der Waals surface area contributed by atoms with Crippen molar-refractivity contribution in [2.75, 3.05) is 0 Å². The second-order valence-corrected chi connectivity index (χ2v) is 5.52. The quantitative estimate of drug-likeness (QED) is 0.306. The van der Waals surface area contributed by atoms with Crippen molar-refractivity contribution < 1.29 is 36.2 Å². The van der Waals surface area contributed by atoms with Crippen molar-refractivity contribution in [3.63, 3.8) is 0 Å². The zero-order valence-corrected chi connectivity index (χ0v) is 9.03. The Morgan fingerprint density at radius 1 is 0.765 bits per heavy atom. The average molecular weight is 294 g/mol. The van der Waals surface area contributed by atoms with Gasteiger partial charge in [-0.2, -0.15) is 16.8 Å². The molecular weight excluding hydrogens is 287 g/mol. The van der Waals surface area contributed by atoms with Crippen molar-refractivity contribution in [1.82, 2.24) is 0 Å². The van der Waals surface area contributed by atoms with Crippen molar-refractivity contribution in [1.29, 1.82) is 0 Å². The molecule has 0 aromatic heterocycles. The first-order chi connectivity index (χ1) is 7.03. The number of phenolic OH excluding ortho intramolecular Hbond substituents is 2. The molecular formula is C6H7NaO8S2. The topological polar surface area (TPSA) is 149 Å². The van der Waals surface area contributed by atoms with Gasteiger partial charge in [0, 0.05) is 12.1 Å². The third-order valence-electron chi connectivity index (χ3n) is 1.60. The molecule has 0 spiro atoms. The summed E-state index contributed by atoms with van der Waals surface area (Å²) in [6.07, 6.45) is 0. The van der Waals surface area contributed by atoms with Crippen molar-refractivity contribution in [3.05, 3.63) is 12.1 Å². The van der Waals surface area contributed by atoms with Gasteiger partial charge < -0.3 is 10.2 Å². The molecule has 8 nitrogen and oxygen atoms in total. The van der Waals surface area contributed by atoms with E-state index in [1.54, 1.807) is 0 Å². The van der Waals surface area contributed by atoms with E-state index >= 15 is 0 Å². The van der Waals surface area contributed by atoms with Crippen LogP contribution in [0.2, 0.25) is 0 Å². The molecule has 0 amide bonds. The van der Waals surface area contributed by atoms with Crippen LogP contribution in [0.15, 0.2) is 21.9 Å². The van der Waals surface area contributed by atoms with Crippen LogP contribution in [0, 0.1) is 0 Å². The summed E-state index contributed by atoms with van der Waals surface area (Å²) in [6.45, 7) is 0. The number of aromatic hydroxyl groups is 2. The Hall–Kier alpha value is -0.360. The summed E-state index contributed by atoms with van der Waals surface area (Å²) in [6, 6.07) is 0.599. The molecule has 0 saturated carbocycles. The molecule has 0 aliphatic rings. The zero-order valence-electron chi connectivity index (χ0n) is 7.39. The fourth-order valence-electron chi connectivity index (χ4n) is 0.942. The van der Waals surface area contributed by atoms with Crippen LogP contribution in [0.5, 0.6) is 11.5 Å². The molecule has 0 saturated heterocycles. The Balaban J connectivity index is 0.00000256. The van der Waals surface area contributed by atoms with Crippen molar-refractivity contribution in [2.45, 2.75) is 9.79 Å². The molecule has 1 aromatic rings. The maximum absolute atomic E-state index is 10.8. The van der Waals surface area contributed by atoms with Gasteiger partial charge in [0.25, 0.3) is 20.2 Å². The Kier molecular flexibility index (Phi) is 4.99. The SMILES string of the molecule is O=S(=O)(O)c1cc(O)c(O)cc1S(=O)(=O)O.[NaH]. The molecule has 0 bridgehead atoms. The Morgan fingerprint density at radius 2 is 1.00 bits per heavy atom. The molecule has 17 heavy (non-hydrogen) atoms. The van der Waals surface area contributed by atoms with E-state index in [0.717, 1.165) is 0 Å². The number of hydrogen-bond acceptors (Lipinski definition) is 6. The van der Waals surface area contributed by atoms with E-state index in [-0.39, 0.29) is 29.6 Å². The third kappa shape index (κ3) is 3.81. The van der Waals surface area contributed by atoms with E-state index in [9.17, 15) is 16.8 Å². The van der Waals surface area contributed by atoms with Crippen LogP contribution in [-0.2, 0) is 20.2 Å². The Labute approximate surface area is 119 Å². The molecule has 1 aromatic carbocycles. The summed E-state index contributed by atoms with van der Waals surface area (Å²) in [4.78, 5) is -2.46. The first kappa shape index (κ1) is 16.6. The van der Waals surface area contributed by atoms with Crippen LogP contribution in [0.25, 0.3) is 0 Å². The molecule has 0 aliphatic carbocycles. The van der Waals surface area contributed by atoms with Crippen LogP contribution in [0.1, 0.15) is 0 Å². The van der Waals surface area contributed by atoms with Gasteiger partial charge in [0.05, 0.1) is 0 Å². The zero-order chi connectivity index (χ0) is 12.7. The summed E-state index contributed by atoms with van der Waals surface area (Å²) in [5.74, 6) is -1.92. The summed E-state index contributed by atoms with van der Waals surface area (Å²) in [5, 5.41) is 17.9. The van der Waals surface area contributed by atoms with Crippen LogP contribution in [0.3, 0.4) is 0 Å². The molecule has 0 heterocycles. The number of phenols is 2. The van der Waals surface area contributed by atoms with E-state index in [4.69, 9.17) is 19.3 Å². The maximum atomic E-state index is 10.8. The van der Waals surface area contributed by atoms with E-state index in [1.165, 1.54) is 0 Å². The second kappa shape index (κ2) is 5.10. The van der Waals surface area contributed by atoms with Crippen LogP contribution >= 0.6 is 0 Å². The summed E-state index contributed by atoms with van der Waals surface area (Å²) in [7, 11) is -9.93. The van der Waals surface area contributed by atoms with Gasteiger partial charge in [-0.05, 0) is 0 Å². The fraction of sp³-hybridized carbons (Fsp3) is 0. The molecule has 0 unspecified atom stereocenters. The average Bonchev–Trinajstić information content (AvgIpc) is 2.05. The van der Waals surface area contributed by atoms with Gasteiger partial charge in [-0.1, -0.05) is 0 Å². The van der Waals surface area contributed by atoms with Crippen molar-refractivity contribution >= 4 is 49.8 Å². The van der Waals surface area contributed by atoms with E-state index in [0.29, 0.717) is 12.1 Å². The van der Waals surface area contributed by atoms with Gasteiger partial charge >= 0.3 is 29.6 Å². The van der Waals surface area contributed by atoms with Gasteiger partial charge in [-0.25, -0.2) is 0 Å². The molecule has 1 rings (SSSR count). The molecule has 0 radical (unpaired) electrons.